The third kappa shape index (κ3) is 12.7. The molecule has 0 bridgehead atoms. The molecule has 0 spiro atoms. The topological polar surface area (TPSA) is 373 Å². The van der Waals surface area contributed by atoms with Crippen LogP contribution in [0.4, 0.5) is 0 Å². The number of aliphatic hydroxyl groups is 7. The molecule has 0 amide bonds. The Labute approximate surface area is 333 Å². The van der Waals surface area contributed by atoms with Gasteiger partial charge >= 0.3 is 88.7 Å². The van der Waals surface area contributed by atoms with Crippen LogP contribution in [0.1, 0.15) is 0 Å². The first-order chi connectivity index (χ1) is 20.3. The number of aliphatic hydroxyl groups excluding tert-OH is 7. The van der Waals surface area contributed by atoms with Crippen molar-refractivity contribution in [1.29, 1.82) is 0 Å². The van der Waals surface area contributed by atoms with Gasteiger partial charge in [0.1, 0.15) is 67.1 Å². The van der Waals surface area contributed by atoms with Gasteiger partial charge in [-0.15, -0.1) is 0 Å². The smallest absolute Gasteiger partial charge is 0.735 e. The van der Waals surface area contributed by atoms with Crippen LogP contribution in [0.2, 0.25) is 0 Å². The zero-order valence-electron chi connectivity index (χ0n) is 25.1. The van der Waals surface area contributed by atoms with Gasteiger partial charge in [0.25, 0.3) is 0 Å². The predicted octanol–water partition coefficient (Wildman–Crippen LogP) is -18.6. The molecule has 0 aliphatic carbocycles. The second kappa shape index (κ2) is 20.2. The molecular formula is C19H30NNa3O22S2. The molecule has 15 atom stereocenters. The van der Waals surface area contributed by atoms with Crippen LogP contribution in [0.3, 0.4) is 0 Å². The summed E-state index contributed by atoms with van der Waals surface area (Å²) in [7, 11) is -10.2. The maximum Gasteiger partial charge on any atom is 1.00 e. The molecule has 3 saturated heterocycles. The molecule has 3 heterocycles. The van der Waals surface area contributed by atoms with Crippen molar-refractivity contribution < 1.29 is 193 Å². The molecule has 0 radical (unpaired) electrons. The minimum absolute atomic E-state index is 0. The minimum Gasteiger partial charge on any atom is -0.735 e. The average Bonchev–Trinajstić information content (AvgIpc) is 2.91. The SMILES string of the molecule is CO[C@H]1[C@H](O)[C@@H](NS(=O)(=O)[O-])[C@@H](O[C@H]2[C@H](O)[C@@H](OS(=O)(=O)[O-])[C@H](OC[C@H]3OC(O)[C@H](O)[C@@H](O)[C@@H]3O)O[C@H]2C(=O)[O-])O[C@@H]1CO.[Na+].[Na+].[Na+]. The van der Waals surface area contributed by atoms with E-state index in [1.54, 1.807) is 0 Å². The van der Waals surface area contributed by atoms with Gasteiger partial charge in [-0.2, -0.15) is 0 Å². The van der Waals surface area contributed by atoms with Crippen LogP contribution in [-0.2, 0) is 58.1 Å². The van der Waals surface area contributed by atoms with Crippen molar-refractivity contribution in [2.45, 2.75) is 92.1 Å². The van der Waals surface area contributed by atoms with Crippen molar-refractivity contribution in [1.82, 2.24) is 4.72 Å². The number of carbonyl (C=O) groups is 1. The van der Waals surface area contributed by atoms with Gasteiger partial charge in [0.15, 0.2) is 35.3 Å². The average molecular weight is 758 g/mol. The van der Waals surface area contributed by atoms with Gasteiger partial charge in [-0.05, 0) is 0 Å². The van der Waals surface area contributed by atoms with Crippen molar-refractivity contribution in [3.05, 3.63) is 0 Å². The van der Waals surface area contributed by atoms with E-state index in [0.717, 1.165) is 7.11 Å². The van der Waals surface area contributed by atoms with Crippen molar-refractivity contribution >= 4 is 26.7 Å². The second-order valence-corrected chi connectivity index (χ2v) is 11.8. The first kappa shape index (κ1) is 48.7. The molecule has 0 aromatic heterocycles. The maximum atomic E-state index is 12.0. The summed E-state index contributed by atoms with van der Waals surface area (Å²) in [4.78, 5) is 12.0. The molecule has 47 heavy (non-hydrogen) atoms. The molecule has 258 valence electrons. The van der Waals surface area contributed by atoms with Gasteiger partial charge in [-0.1, -0.05) is 0 Å². The number of rotatable bonds is 12. The fourth-order valence-corrected chi connectivity index (χ4v) is 5.78. The van der Waals surface area contributed by atoms with Crippen molar-refractivity contribution in [2.75, 3.05) is 20.3 Å². The van der Waals surface area contributed by atoms with Crippen LogP contribution >= 0.6 is 0 Å². The molecule has 23 nitrogen and oxygen atoms in total. The molecule has 3 fully saturated rings. The van der Waals surface area contributed by atoms with Crippen LogP contribution in [0.25, 0.3) is 0 Å². The zero-order valence-corrected chi connectivity index (χ0v) is 32.8. The van der Waals surface area contributed by atoms with Gasteiger partial charge in [-0.3, -0.25) is 4.18 Å². The Kier molecular flexibility index (Phi) is 21.0. The number of hydrogen-bond acceptors (Lipinski definition) is 22. The van der Waals surface area contributed by atoms with Gasteiger partial charge < -0.3 is 83.2 Å². The summed E-state index contributed by atoms with van der Waals surface area (Å²) in [6.45, 7) is -1.92. The number of carbonyl (C=O) groups excluding carboxylic acids is 1. The fraction of sp³-hybridized carbons (Fsp3) is 0.947. The number of carboxylic acids is 1. The summed E-state index contributed by atoms with van der Waals surface area (Å²) < 4.78 is 105. The van der Waals surface area contributed by atoms with E-state index in [1.807, 2.05) is 0 Å². The molecule has 28 heteroatoms. The molecule has 8 N–H and O–H groups in total. The van der Waals surface area contributed by atoms with E-state index < -0.39 is 132 Å². The van der Waals surface area contributed by atoms with Gasteiger partial charge in [0.2, 0.25) is 10.4 Å². The number of methoxy groups -OCH3 is 1. The number of hydrogen-bond donors (Lipinski definition) is 8. The molecule has 3 aliphatic rings. The predicted molar refractivity (Wildman–Crippen MR) is 123 cm³/mol. The minimum atomic E-state index is -5.77. The standard InChI is InChI=1S/C19H33NO22S2.3Na/c1-36-12-4(2-21)39-18(6(8(12)23)20-43(30,31)32)40-13-11(26)14(42-44(33,34)35)19(41-15(13)16(27)28)37-3-5-7(22)9(24)10(25)17(29)38-5;;;/h4-15,17-26,29H,2-3H2,1H3,(H,27,28)(H,30,31,32)(H,33,34,35);;;/q;3*+1/p-3/t4-,5-,6-,7-,8-,9+,10-,11+,12-,13+,14-,15-,17?,18-,19-;;;/m1.../s1. The number of carboxylic acid groups (broad SMARTS) is 1. The zero-order chi connectivity index (χ0) is 33.3. The summed E-state index contributed by atoms with van der Waals surface area (Å²) in [6.07, 6.45) is -29.4. The van der Waals surface area contributed by atoms with Gasteiger partial charge in [-0.25, -0.2) is 21.6 Å². The van der Waals surface area contributed by atoms with E-state index in [2.05, 4.69) is 4.18 Å². The molecule has 0 aromatic carbocycles. The fourth-order valence-electron chi connectivity index (χ4n) is 4.72. The van der Waals surface area contributed by atoms with E-state index in [4.69, 9.17) is 28.4 Å². The molecule has 0 aromatic rings. The van der Waals surface area contributed by atoms with Gasteiger partial charge in [0.05, 0.1) is 19.2 Å². The van der Waals surface area contributed by atoms with E-state index in [0.29, 0.717) is 0 Å². The Hall–Kier alpha value is 1.69. The van der Waals surface area contributed by atoms with E-state index in [1.165, 1.54) is 4.72 Å². The summed E-state index contributed by atoms with van der Waals surface area (Å²) in [5.74, 6) is -2.21. The molecule has 1 unspecified atom stereocenters. The molecular weight excluding hydrogens is 727 g/mol. The van der Waals surface area contributed by atoms with E-state index in [-0.39, 0.29) is 88.7 Å². The Bertz CT molecular complexity index is 1200. The number of aliphatic carboxylic acids is 1. The first-order valence-corrected chi connectivity index (χ1v) is 15.1. The van der Waals surface area contributed by atoms with Crippen molar-refractivity contribution in [2.24, 2.45) is 0 Å². The Balaban J connectivity index is 0.00000705. The molecule has 0 saturated carbocycles. The quantitative estimate of drug-likeness (QED) is 0.0520. The summed E-state index contributed by atoms with van der Waals surface area (Å²) in [5.41, 5.74) is 0. The number of ether oxygens (including phenoxy) is 6. The van der Waals surface area contributed by atoms with E-state index >= 15 is 0 Å². The monoisotopic (exact) mass is 757 g/mol. The van der Waals surface area contributed by atoms with Crippen LogP contribution in [0.5, 0.6) is 0 Å². The summed E-state index contributed by atoms with van der Waals surface area (Å²) in [6, 6.07) is -2.12. The second-order valence-electron chi connectivity index (χ2n) is 9.69. The summed E-state index contributed by atoms with van der Waals surface area (Å²) in [5, 5.41) is 82.3. The molecule has 3 aliphatic heterocycles. The normalized spacial score (nSPS) is 41.1. The third-order valence-corrected chi connectivity index (χ3v) is 7.81. The van der Waals surface area contributed by atoms with Crippen LogP contribution < -0.4 is 98.5 Å². The van der Waals surface area contributed by atoms with Crippen LogP contribution in [-0.4, -0.2) is 180 Å². The third-order valence-electron chi connectivity index (χ3n) is 6.79. The van der Waals surface area contributed by atoms with Gasteiger partial charge in [0, 0.05) is 7.11 Å². The summed E-state index contributed by atoms with van der Waals surface area (Å²) >= 11 is 0. The number of nitrogens with one attached hydrogen (secondary N) is 1. The Morgan fingerprint density at radius 3 is 1.87 bits per heavy atom. The Morgan fingerprint density at radius 2 is 1.38 bits per heavy atom. The Morgan fingerprint density at radius 1 is 0.787 bits per heavy atom. The van der Waals surface area contributed by atoms with E-state index in [9.17, 15) is 71.6 Å². The largest absolute Gasteiger partial charge is 1.00 e. The maximum absolute atomic E-state index is 12.0. The van der Waals surface area contributed by atoms with Crippen LogP contribution in [0.15, 0.2) is 0 Å². The van der Waals surface area contributed by atoms with Crippen molar-refractivity contribution in [3.8, 4) is 0 Å². The van der Waals surface area contributed by atoms with Crippen LogP contribution in [0, 0.1) is 0 Å². The first-order valence-electron chi connectivity index (χ1n) is 12.3. The van der Waals surface area contributed by atoms with Crippen molar-refractivity contribution in [3.63, 3.8) is 0 Å². The molecule has 3 rings (SSSR count).